The maximum absolute atomic E-state index is 10.6. The highest BCUT2D eigenvalue weighted by Crippen LogP contribution is 2.24. The molecule has 13 heavy (non-hydrogen) atoms. The lowest BCUT2D eigenvalue weighted by Crippen LogP contribution is -2.08. The fraction of sp³-hybridized carbons (Fsp3) is 0.222. The number of hydrogen-bond donors (Lipinski definition) is 1. The molecular weight excluding hydrogens is 186 g/mol. The molecule has 68 valence electrons. The van der Waals surface area contributed by atoms with E-state index < -0.39 is 5.97 Å². The molecule has 0 fully saturated rings. The molecule has 2 aromatic heterocycles. The number of aromatic nitrogens is 1. The lowest BCUT2D eigenvalue weighted by atomic mass is 10.4. The quantitative estimate of drug-likeness (QED) is 0.797. The number of carbonyl (C=O) groups is 1. The fourth-order valence-corrected chi connectivity index (χ4v) is 2.38. The molecule has 0 aliphatic rings. The van der Waals surface area contributed by atoms with Gasteiger partial charge in [0.1, 0.15) is 11.4 Å². The highest BCUT2D eigenvalue weighted by molar-refractivity contribution is 7.16. The average Bonchev–Trinajstić information content (AvgIpc) is 2.55. The Bertz CT molecular complexity index is 455. The molecule has 4 heteroatoms. The molecule has 0 atom stereocenters. The van der Waals surface area contributed by atoms with Gasteiger partial charge in [-0.3, -0.25) is 4.79 Å². The van der Waals surface area contributed by atoms with Crippen LogP contribution in [-0.4, -0.2) is 15.6 Å². The molecule has 0 radical (unpaired) electrons. The predicted octanol–water partition coefficient (Wildman–Crippen LogP) is 2.10. The number of thiophene rings is 1. The molecule has 3 nitrogen and oxygen atoms in total. The molecule has 0 saturated heterocycles. The van der Waals surface area contributed by atoms with Gasteiger partial charge in [0.05, 0.1) is 0 Å². The summed E-state index contributed by atoms with van der Waals surface area (Å²) in [6.45, 7) is 1.98. The number of hydrogen-bond acceptors (Lipinski definition) is 2. The lowest BCUT2D eigenvalue weighted by molar-refractivity contribution is -0.137. The first-order valence-electron chi connectivity index (χ1n) is 3.93. The van der Waals surface area contributed by atoms with Crippen LogP contribution in [0.5, 0.6) is 0 Å². The Hall–Kier alpha value is -1.29. The maximum atomic E-state index is 10.6. The van der Waals surface area contributed by atoms with Gasteiger partial charge in [0, 0.05) is 11.1 Å². The highest BCUT2D eigenvalue weighted by Gasteiger charge is 2.08. The number of aryl methyl sites for hydroxylation is 1. The molecule has 0 spiro atoms. The van der Waals surface area contributed by atoms with Crippen molar-refractivity contribution < 1.29 is 9.90 Å². The van der Waals surface area contributed by atoms with Crippen LogP contribution < -0.4 is 0 Å². The van der Waals surface area contributed by atoms with Crippen molar-refractivity contribution in [2.24, 2.45) is 0 Å². The third-order valence-corrected chi connectivity index (χ3v) is 2.95. The maximum Gasteiger partial charge on any atom is 0.323 e. The van der Waals surface area contributed by atoms with Gasteiger partial charge in [0.15, 0.2) is 0 Å². The number of rotatable bonds is 2. The Balaban J connectivity index is 2.57. The Morgan fingerprint density at radius 3 is 3.15 bits per heavy atom. The number of carboxylic acid groups (broad SMARTS) is 1. The normalized spacial score (nSPS) is 10.8. The van der Waals surface area contributed by atoms with E-state index in [1.165, 1.54) is 0 Å². The van der Waals surface area contributed by atoms with E-state index in [-0.39, 0.29) is 6.54 Å². The molecule has 0 aliphatic carbocycles. The minimum Gasteiger partial charge on any atom is -0.480 e. The standard InChI is InChI=1S/C9H9NO2S/c1-6-4-7-2-3-13-9(7)10(6)5-8(11)12/h2-4H,5H2,1H3,(H,11,12). The molecule has 1 N–H and O–H groups in total. The largest absolute Gasteiger partial charge is 0.480 e. The molecule has 0 unspecified atom stereocenters. The summed E-state index contributed by atoms with van der Waals surface area (Å²) in [5.41, 5.74) is 1.00. The molecule has 2 rings (SSSR count). The van der Waals surface area contributed by atoms with Gasteiger partial charge < -0.3 is 9.67 Å². The molecule has 0 saturated carbocycles. The lowest BCUT2D eigenvalue weighted by Gasteiger charge is -2.01. The first-order chi connectivity index (χ1) is 6.18. The smallest absolute Gasteiger partial charge is 0.323 e. The minimum absolute atomic E-state index is 0.0514. The van der Waals surface area contributed by atoms with Crippen LogP contribution >= 0.6 is 11.3 Å². The van der Waals surface area contributed by atoms with E-state index >= 15 is 0 Å². The number of fused-ring (bicyclic) bond motifs is 1. The van der Waals surface area contributed by atoms with Gasteiger partial charge in [-0.25, -0.2) is 0 Å². The van der Waals surface area contributed by atoms with Gasteiger partial charge in [-0.15, -0.1) is 11.3 Å². The molecule has 0 aliphatic heterocycles. The van der Waals surface area contributed by atoms with Crippen LogP contribution in [-0.2, 0) is 11.3 Å². The van der Waals surface area contributed by atoms with E-state index in [1.807, 2.05) is 29.0 Å². The monoisotopic (exact) mass is 195 g/mol. The second kappa shape index (κ2) is 2.88. The van der Waals surface area contributed by atoms with Gasteiger partial charge in [-0.2, -0.15) is 0 Å². The molecule has 2 heterocycles. The first-order valence-corrected chi connectivity index (χ1v) is 4.81. The summed E-state index contributed by atoms with van der Waals surface area (Å²) in [6.07, 6.45) is 0. The van der Waals surface area contributed by atoms with Crippen LogP contribution in [0.3, 0.4) is 0 Å². The zero-order chi connectivity index (χ0) is 9.42. The minimum atomic E-state index is -0.797. The third kappa shape index (κ3) is 1.33. The van der Waals surface area contributed by atoms with Crippen molar-refractivity contribution >= 4 is 27.5 Å². The van der Waals surface area contributed by atoms with Crippen LogP contribution in [0.1, 0.15) is 5.69 Å². The van der Waals surface area contributed by atoms with Crippen LogP contribution in [0.2, 0.25) is 0 Å². The van der Waals surface area contributed by atoms with Gasteiger partial charge in [0.2, 0.25) is 0 Å². The first kappa shape index (κ1) is 8.31. The van der Waals surface area contributed by atoms with E-state index in [0.29, 0.717) is 0 Å². The summed E-state index contributed by atoms with van der Waals surface area (Å²) in [7, 11) is 0. The van der Waals surface area contributed by atoms with E-state index in [4.69, 9.17) is 5.11 Å². The van der Waals surface area contributed by atoms with Crippen LogP contribution in [0, 0.1) is 6.92 Å². The van der Waals surface area contributed by atoms with E-state index in [0.717, 1.165) is 15.9 Å². The predicted molar refractivity (Wildman–Crippen MR) is 52.2 cm³/mol. The van der Waals surface area contributed by atoms with Crippen molar-refractivity contribution in [2.45, 2.75) is 13.5 Å². The van der Waals surface area contributed by atoms with Crippen LogP contribution in [0.15, 0.2) is 17.5 Å². The number of nitrogens with zero attached hydrogens (tertiary/aromatic N) is 1. The molecular formula is C9H9NO2S. The van der Waals surface area contributed by atoms with Crippen molar-refractivity contribution in [3.63, 3.8) is 0 Å². The summed E-state index contributed by atoms with van der Waals surface area (Å²) in [6, 6.07) is 4.01. The average molecular weight is 195 g/mol. The Morgan fingerprint density at radius 1 is 1.69 bits per heavy atom. The fourth-order valence-electron chi connectivity index (χ4n) is 1.44. The van der Waals surface area contributed by atoms with E-state index in [1.54, 1.807) is 11.3 Å². The van der Waals surface area contributed by atoms with E-state index in [2.05, 4.69) is 0 Å². The summed E-state index contributed by atoms with van der Waals surface area (Å²) in [5, 5.41) is 11.8. The van der Waals surface area contributed by atoms with Crippen molar-refractivity contribution in [3.05, 3.63) is 23.2 Å². The summed E-state index contributed by atoms with van der Waals surface area (Å²) >= 11 is 1.58. The highest BCUT2D eigenvalue weighted by atomic mass is 32.1. The second-order valence-electron chi connectivity index (χ2n) is 2.95. The molecule has 0 bridgehead atoms. The van der Waals surface area contributed by atoms with Gasteiger partial charge >= 0.3 is 5.97 Å². The molecule has 2 aromatic rings. The Labute approximate surface area is 79.2 Å². The van der Waals surface area contributed by atoms with Gasteiger partial charge in [0.25, 0.3) is 0 Å². The zero-order valence-electron chi connectivity index (χ0n) is 7.15. The van der Waals surface area contributed by atoms with Crippen molar-refractivity contribution in [1.82, 2.24) is 4.57 Å². The van der Waals surface area contributed by atoms with Gasteiger partial charge in [-0.1, -0.05) is 0 Å². The number of carboxylic acids is 1. The van der Waals surface area contributed by atoms with Crippen molar-refractivity contribution in [1.29, 1.82) is 0 Å². The second-order valence-corrected chi connectivity index (χ2v) is 3.84. The summed E-state index contributed by atoms with van der Waals surface area (Å²) in [5.74, 6) is -0.797. The Morgan fingerprint density at radius 2 is 2.46 bits per heavy atom. The summed E-state index contributed by atoms with van der Waals surface area (Å²) < 4.78 is 1.82. The topological polar surface area (TPSA) is 42.2 Å². The third-order valence-electron chi connectivity index (χ3n) is 2.00. The SMILES string of the molecule is Cc1cc2ccsc2n1CC(=O)O. The van der Waals surface area contributed by atoms with Crippen LogP contribution in [0.4, 0.5) is 0 Å². The zero-order valence-corrected chi connectivity index (χ0v) is 7.97. The van der Waals surface area contributed by atoms with Crippen molar-refractivity contribution in [2.75, 3.05) is 0 Å². The van der Waals surface area contributed by atoms with Gasteiger partial charge in [-0.05, 0) is 24.4 Å². The Kier molecular flexibility index (Phi) is 1.84. The summed E-state index contributed by atoms with van der Waals surface area (Å²) in [4.78, 5) is 11.6. The van der Waals surface area contributed by atoms with Crippen molar-refractivity contribution in [3.8, 4) is 0 Å². The molecule has 0 aromatic carbocycles. The van der Waals surface area contributed by atoms with Crippen LogP contribution in [0.25, 0.3) is 10.2 Å². The molecule has 0 amide bonds. The van der Waals surface area contributed by atoms with E-state index in [9.17, 15) is 4.79 Å². The number of aliphatic carboxylic acids is 1.